The largest absolute Gasteiger partial charge is 0.292 e. The van der Waals surface area contributed by atoms with E-state index in [0.29, 0.717) is 0 Å². The smallest absolute Gasteiger partial charge is 0.182 e. The van der Waals surface area contributed by atoms with Crippen molar-refractivity contribution in [3.63, 3.8) is 0 Å². The lowest BCUT2D eigenvalue weighted by Gasteiger charge is -2.39. The lowest BCUT2D eigenvalue weighted by molar-refractivity contribution is 0.0579. The van der Waals surface area contributed by atoms with E-state index in [2.05, 4.69) is 51.7 Å². The fourth-order valence-corrected chi connectivity index (χ4v) is 3.07. The molecule has 0 aromatic heterocycles. The highest BCUT2D eigenvalue weighted by Gasteiger charge is 2.35. The van der Waals surface area contributed by atoms with Gasteiger partial charge in [-0.25, -0.2) is 0 Å². The van der Waals surface area contributed by atoms with Crippen molar-refractivity contribution in [1.82, 2.24) is 4.90 Å². The number of likely N-dealkylation sites (tertiary alicyclic amines) is 1. The van der Waals surface area contributed by atoms with Gasteiger partial charge in [-0.05, 0) is 50.8 Å². The van der Waals surface area contributed by atoms with E-state index in [1.165, 1.54) is 24.8 Å². The van der Waals surface area contributed by atoms with Crippen LogP contribution in [0, 0.1) is 0 Å². The monoisotopic (exact) mass is 287 g/mol. The summed E-state index contributed by atoms with van der Waals surface area (Å²) in [5.41, 5.74) is 1.83. The number of benzene rings is 1. The van der Waals surface area contributed by atoms with Crippen molar-refractivity contribution in [2.24, 2.45) is 0 Å². The highest BCUT2D eigenvalue weighted by Crippen LogP contribution is 2.27. The van der Waals surface area contributed by atoms with E-state index >= 15 is 0 Å². The van der Waals surface area contributed by atoms with Crippen molar-refractivity contribution in [3.05, 3.63) is 35.4 Å². The Hall–Kier alpha value is -1.15. The molecule has 1 fully saturated rings. The number of ketones is 1. The zero-order chi connectivity index (χ0) is 15.7. The molecule has 0 N–H and O–H groups in total. The number of rotatable bonds is 3. The molecule has 0 bridgehead atoms. The number of piperidine rings is 1. The van der Waals surface area contributed by atoms with Crippen LogP contribution in [-0.2, 0) is 5.41 Å². The first-order valence-electron chi connectivity index (χ1n) is 8.13. The van der Waals surface area contributed by atoms with Crippen molar-refractivity contribution in [1.29, 1.82) is 0 Å². The third-order valence-electron chi connectivity index (χ3n) is 4.72. The van der Waals surface area contributed by atoms with Crippen molar-refractivity contribution in [2.45, 2.75) is 64.8 Å². The first kappa shape index (κ1) is 16.2. The van der Waals surface area contributed by atoms with Gasteiger partial charge in [0.2, 0.25) is 0 Å². The first-order chi connectivity index (χ1) is 9.73. The minimum Gasteiger partial charge on any atom is -0.292 e. The predicted octanol–water partition coefficient (Wildman–Crippen LogP) is 4.43. The number of nitrogens with zero attached hydrogens (tertiary/aromatic N) is 1. The van der Waals surface area contributed by atoms with Crippen LogP contribution in [0.2, 0.25) is 0 Å². The summed E-state index contributed by atoms with van der Waals surface area (Å²) in [6, 6.07) is 8.18. The summed E-state index contributed by atoms with van der Waals surface area (Å²) < 4.78 is 0. The third-order valence-corrected chi connectivity index (χ3v) is 4.72. The van der Waals surface area contributed by atoms with Gasteiger partial charge in [-0.3, -0.25) is 9.69 Å². The average Bonchev–Trinajstić information content (AvgIpc) is 2.46. The molecule has 116 valence electrons. The van der Waals surface area contributed by atoms with Gasteiger partial charge in [0.1, 0.15) is 0 Å². The van der Waals surface area contributed by atoms with Crippen LogP contribution in [-0.4, -0.2) is 29.3 Å². The standard InChI is InChI=1S/C19H29NO/c1-18(2,3)16-11-9-15(10-12-16)17(21)19(4,5)20-13-7-6-8-14-20/h9-12H,6-8,13-14H2,1-5H3. The van der Waals surface area contributed by atoms with Gasteiger partial charge in [0.05, 0.1) is 5.54 Å². The van der Waals surface area contributed by atoms with Crippen LogP contribution in [0.4, 0.5) is 0 Å². The molecule has 2 rings (SSSR count). The average molecular weight is 287 g/mol. The summed E-state index contributed by atoms with van der Waals surface area (Å²) in [4.78, 5) is 15.2. The van der Waals surface area contributed by atoms with Gasteiger partial charge >= 0.3 is 0 Å². The Morgan fingerprint density at radius 2 is 1.43 bits per heavy atom. The fraction of sp³-hybridized carbons (Fsp3) is 0.632. The van der Waals surface area contributed by atoms with Gasteiger partial charge in [0.25, 0.3) is 0 Å². The van der Waals surface area contributed by atoms with Crippen LogP contribution < -0.4 is 0 Å². The maximum absolute atomic E-state index is 12.9. The highest BCUT2D eigenvalue weighted by atomic mass is 16.1. The minimum atomic E-state index is -0.399. The Balaban J connectivity index is 2.18. The van der Waals surface area contributed by atoms with Crippen LogP contribution in [0.15, 0.2) is 24.3 Å². The number of Topliss-reactive ketones (excluding diaryl/α,β-unsaturated/α-hetero) is 1. The van der Waals surface area contributed by atoms with E-state index in [4.69, 9.17) is 0 Å². The Morgan fingerprint density at radius 3 is 1.90 bits per heavy atom. The van der Waals surface area contributed by atoms with Crippen molar-refractivity contribution in [3.8, 4) is 0 Å². The molecular formula is C19H29NO. The summed E-state index contributed by atoms with van der Waals surface area (Å²) in [6.45, 7) is 12.8. The Kier molecular flexibility index (Phi) is 4.57. The van der Waals surface area contributed by atoms with E-state index in [-0.39, 0.29) is 11.2 Å². The van der Waals surface area contributed by atoms with E-state index in [0.717, 1.165) is 18.7 Å². The molecule has 1 heterocycles. The zero-order valence-corrected chi connectivity index (χ0v) is 14.2. The number of carbonyl (C=O) groups excluding carboxylic acids is 1. The molecule has 0 unspecified atom stereocenters. The second-order valence-corrected chi connectivity index (χ2v) is 7.76. The molecular weight excluding hydrogens is 258 g/mol. The van der Waals surface area contributed by atoms with Crippen molar-refractivity contribution in [2.75, 3.05) is 13.1 Å². The molecule has 2 heteroatoms. The Bertz CT molecular complexity index is 487. The molecule has 0 spiro atoms. The van der Waals surface area contributed by atoms with Crippen LogP contribution in [0.5, 0.6) is 0 Å². The number of hydrogen-bond donors (Lipinski definition) is 0. The molecule has 21 heavy (non-hydrogen) atoms. The van der Waals surface area contributed by atoms with Crippen LogP contribution in [0.1, 0.15) is 69.8 Å². The molecule has 1 aromatic rings. The van der Waals surface area contributed by atoms with Crippen LogP contribution >= 0.6 is 0 Å². The lowest BCUT2D eigenvalue weighted by atomic mass is 9.84. The fourth-order valence-electron chi connectivity index (χ4n) is 3.07. The van der Waals surface area contributed by atoms with Gasteiger partial charge in [0.15, 0.2) is 5.78 Å². The van der Waals surface area contributed by atoms with E-state index in [1.54, 1.807) is 0 Å². The quantitative estimate of drug-likeness (QED) is 0.766. The maximum atomic E-state index is 12.9. The summed E-state index contributed by atoms with van der Waals surface area (Å²) >= 11 is 0. The lowest BCUT2D eigenvalue weighted by Crippen LogP contribution is -2.52. The molecule has 0 amide bonds. The molecule has 1 aliphatic heterocycles. The van der Waals surface area contributed by atoms with Gasteiger partial charge < -0.3 is 0 Å². The predicted molar refractivity (Wildman–Crippen MR) is 89.0 cm³/mol. The zero-order valence-electron chi connectivity index (χ0n) is 14.2. The van der Waals surface area contributed by atoms with E-state index < -0.39 is 5.54 Å². The van der Waals surface area contributed by atoms with Gasteiger partial charge in [-0.1, -0.05) is 51.5 Å². The molecule has 1 aromatic carbocycles. The SMILES string of the molecule is CC(C)(C)c1ccc(C(=O)C(C)(C)N2CCCCC2)cc1. The first-order valence-corrected chi connectivity index (χ1v) is 8.13. The molecule has 0 aliphatic carbocycles. The van der Waals surface area contributed by atoms with Gasteiger partial charge in [-0.2, -0.15) is 0 Å². The molecule has 0 radical (unpaired) electrons. The highest BCUT2D eigenvalue weighted by molar-refractivity contribution is 6.02. The molecule has 0 saturated carbocycles. The minimum absolute atomic E-state index is 0.129. The normalized spacial score (nSPS) is 17.8. The summed E-state index contributed by atoms with van der Waals surface area (Å²) in [5.74, 6) is 0.241. The van der Waals surface area contributed by atoms with E-state index in [9.17, 15) is 4.79 Å². The second-order valence-electron chi connectivity index (χ2n) is 7.76. The van der Waals surface area contributed by atoms with Gasteiger partial charge in [0, 0.05) is 5.56 Å². The summed E-state index contributed by atoms with van der Waals surface area (Å²) in [7, 11) is 0. The number of carbonyl (C=O) groups is 1. The van der Waals surface area contributed by atoms with E-state index in [1.807, 2.05) is 12.1 Å². The van der Waals surface area contributed by atoms with Gasteiger partial charge in [-0.15, -0.1) is 0 Å². The Morgan fingerprint density at radius 1 is 0.905 bits per heavy atom. The van der Waals surface area contributed by atoms with Crippen LogP contribution in [0.25, 0.3) is 0 Å². The molecule has 2 nitrogen and oxygen atoms in total. The third kappa shape index (κ3) is 3.55. The molecule has 1 aliphatic rings. The summed E-state index contributed by atoms with van der Waals surface area (Å²) in [5, 5.41) is 0. The maximum Gasteiger partial charge on any atom is 0.182 e. The number of hydrogen-bond acceptors (Lipinski definition) is 2. The molecule has 0 atom stereocenters. The summed E-state index contributed by atoms with van der Waals surface area (Å²) in [6.07, 6.45) is 3.71. The van der Waals surface area contributed by atoms with Crippen LogP contribution in [0.3, 0.4) is 0 Å². The topological polar surface area (TPSA) is 20.3 Å². The second kappa shape index (κ2) is 5.92. The Labute approximate surface area is 129 Å². The molecule has 1 saturated heterocycles. The van der Waals surface area contributed by atoms with Crippen molar-refractivity contribution < 1.29 is 4.79 Å². The van der Waals surface area contributed by atoms with Crippen molar-refractivity contribution >= 4 is 5.78 Å².